The van der Waals surface area contributed by atoms with E-state index in [1.165, 1.54) is 23.5 Å². The van der Waals surface area contributed by atoms with E-state index in [9.17, 15) is 14.0 Å². The topological polar surface area (TPSA) is 71.1 Å². The van der Waals surface area contributed by atoms with Crippen molar-refractivity contribution in [3.05, 3.63) is 35.5 Å². The molecular weight excluding hydrogens is 329 g/mol. The molecule has 0 radical (unpaired) electrons. The average molecular weight is 349 g/mol. The molecule has 1 atom stereocenters. The van der Waals surface area contributed by atoms with Crippen molar-refractivity contribution in [2.75, 3.05) is 5.32 Å². The SMILES string of the molecule is CC(NC(=O)C(C)(C)C)C(=O)Nc1nc(-c2ccc(F)cc2)cs1. The Morgan fingerprint density at radius 2 is 1.83 bits per heavy atom. The molecule has 0 bridgehead atoms. The number of halogens is 1. The third-order valence-electron chi connectivity index (χ3n) is 3.30. The number of carbonyl (C=O) groups is 2. The van der Waals surface area contributed by atoms with Crippen molar-refractivity contribution in [3.8, 4) is 11.3 Å². The summed E-state index contributed by atoms with van der Waals surface area (Å²) >= 11 is 1.27. The van der Waals surface area contributed by atoms with E-state index < -0.39 is 11.5 Å². The first kappa shape index (κ1) is 18.1. The van der Waals surface area contributed by atoms with E-state index >= 15 is 0 Å². The third kappa shape index (κ3) is 4.61. The van der Waals surface area contributed by atoms with Gasteiger partial charge in [0, 0.05) is 16.4 Å². The van der Waals surface area contributed by atoms with Crippen LogP contribution in [0.4, 0.5) is 9.52 Å². The standard InChI is InChI=1S/C17H20FN3O2S/c1-10(19-15(23)17(2,3)4)14(22)21-16-20-13(9-24-16)11-5-7-12(18)8-6-11/h5-10H,1-4H3,(H,19,23)(H,20,21,22). The molecule has 1 aromatic carbocycles. The van der Waals surface area contributed by atoms with Gasteiger partial charge in [0.2, 0.25) is 11.8 Å². The molecule has 0 saturated heterocycles. The van der Waals surface area contributed by atoms with Crippen LogP contribution in [0.5, 0.6) is 0 Å². The van der Waals surface area contributed by atoms with Gasteiger partial charge in [-0.3, -0.25) is 9.59 Å². The van der Waals surface area contributed by atoms with Crippen LogP contribution < -0.4 is 10.6 Å². The highest BCUT2D eigenvalue weighted by atomic mass is 32.1. The second-order valence-electron chi connectivity index (χ2n) is 6.48. The Kier molecular flexibility index (Phi) is 5.33. The largest absolute Gasteiger partial charge is 0.344 e. The van der Waals surface area contributed by atoms with Crippen LogP contribution in [0.15, 0.2) is 29.6 Å². The normalized spacial score (nSPS) is 12.5. The van der Waals surface area contributed by atoms with Crippen molar-refractivity contribution in [1.82, 2.24) is 10.3 Å². The number of anilines is 1. The second kappa shape index (κ2) is 7.09. The van der Waals surface area contributed by atoms with Gasteiger partial charge in [0.1, 0.15) is 11.9 Å². The Morgan fingerprint density at radius 3 is 2.42 bits per heavy atom. The van der Waals surface area contributed by atoms with Crippen LogP contribution in [0.3, 0.4) is 0 Å². The van der Waals surface area contributed by atoms with Gasteiger partial charge in [-0.1, -0.05) is 20.8 Å². The Labute approximate surface area is 144 Å². The Balaban J connectivity index is 2.00. The molecule has 0 aliphatic rings. The Morgan fingerprint density at radius 1 is 1.21 bits per heavy atom. The molecule has 24 heavy (non-hydrogen) atoms. The van der Waals surface area contributed by atoms with Gasteiger partial charge >= 0.3 is 0 Å². The summed E-state index contributed by atoms with van der Waals surface area (Å²) in [6.45, 7) is 6.96. The molecule has 0 fully saturated rings. The quantitative estimate of drug-likeness (QED) is 0.888. The number of hydrogen-bond donors (Lipinski definition) is 2. The minimum absolute atomic E-state index is 0.198. The molecule has 7 heteroatoms. The fourth-order valence-electron chi connectivity index (χ4n) is 1.78. The van der Waals surface area contributed by atoms with E-state index in [2.05, 4.69) is 15.6 Å². The molecule has 1 heterocycles. The zero-order valence-electron chi connectivity index (χ0n) is 14.0. The van der Waals surface area contributed by atoms with Gasteiger partial charge in [-0.25, -0.2) is 9.37 Å². The molecular formula is C17H20FN3O2S. The molecule has 128 valence electrons. The minimum Gasteiger partial charge on any atom is -0.344 e. The molecule has 0 aliphatic heterocycles. The Hall–Kier alpha value is -2.28. The summed E-state index contributed by atoms with van der Waals surface area (Å²) in [7, 11) is 0. The van der Waals surface area contributed by atoms with Crippen molar-refractivity contribution < 1.29 is 14.0 Å². The molecule has 0 saturated carbocycles. The first-order valence-electron chi connectivity index (χ1n) is 7.50. The summed E-state index contributed by atoms with van der Waals surface area (Å²) in [5, 5.41) is 7.55. The number of benzene rings is 1. The molecule has 5 nitrogen and oxygen atoms in total. The summed E-state index contributed by atoms with van der Waals surface area (Å²) in [6, 6.07) is 5.30. The molecule has 0 spiro atoms. The lowest BCUT2D eigenvalue weighted by Gasteiger charge is -2.21. The van der Waals surface area contributed by atoms with Crippen LogP contribution in [-0.2, 0) is 9.59 Å². The third-order valence-corrected chi connectivity index (χ3v) is 4.05. The van der Waals surface area contributed by atoms with Crippen LogP contribution in [0.25, 0.3) is 11.3 Å². The average Bonchev–Trinajstić information content (AvgIpc) is 2.95. The summed E-state index contributed by atoms with van der Waals surface area (Å²) in [5.41, 5.74) is 0.856. The predicted molar refractivity (Wildman–Crippen MR) is 93.2 cm³/mol. The molecule has 2 rings (SSSR count). The number of hydrogen-bond acceptors (Lipinski definition) is 4. The monoisotopic (exact) mass is 349 g/mol. The molecule has 0 aliphatic carbocycles. The zero-order chi connectivity index (χ0) is 17.9. The minimum atomic E-state index is -0.671. The van der Waals surface area contributed by atoms with Crippen LogP contribution in [0.2, 0.25) is 0 Å². The summed E-state index contributed by atoms with van der Waals surface area (Å²) < 4.78 is 12.9. The number of rotatable bonds is 4. The first-order valence-corrected chi connectivity index (χ1v) is 8.38. The van der Waals surface area contributed by atoms with Crippen molar-refractivity contribution >= 4 is 28.3 Å². The predicted octanol–water partition coefficient (Wildman–Crippen LogP) is 3.44. The van der Waals surface area contributed by atoms with Crippen LogP contribution in [0.1, 0.15) is 27.7 Å². The van der Waals surface area contributed by atoms with Gasteiger partial charge in [-0.05, 0) is 31.2 Å². The summed E-state index contributed by atoms with van der Waals surface area (Å²) in [6.07, 6.45) is 0. The number of carbonyl (C=O) groups excluding carboxylic acids is 2. The van der Waals surface area contributed by atoms with E-state index in [0.29, 0.717) is 10.8 Å². The molecule has 2 N–H and O–H groups in total. The highest BCUT2D eigenvalue weighted by Gasteiger charge is 2.25. The second-order valence-corrected chi connectivity index (χ2v) is 7.34. The number of nitrogens with zero attached hydrogens (tertiary/aromatic N) is 1. The Bertz CT molecular complexity index is 735. The molecule has 2 amide bonds. The zero-order valence-corrected chi connectivity index (χ0v) is 14.8. The van der Waals surface area contributed by atoms with Gasteiger partial charge in [-0.2, -0.15) is 0 Å². The lowest BCUT2D eigenvalue weighted by Crippen LogP contribution is -2.46. The van der Waals surface area contributed by atoms with E-state index in [1.807, 2.05) is 0 Å². The van der Waals surface area contributed by atoms with Gasteiger partial charge in [0.15, 0.2) is 5.13 Å². The molecule has 1 unspecified atom stereocenters. The van der Waals surface area contributed by atoms with Gasteiger partial charge < -0.3 is 10.6 Å². The summed E-state index contributed by atoms with van der Waals surface area (Å²) in [4.78, 5) is 28.4. The van der Waals surface area contributed by atoms with E-state index in [0.717, 1.165) is 5.56 Å². The van der Waals surface area contributed by atoms with Crippen molar-refractivity contribution in [2.45, 2.75) is 33.7 Å². The van der Waals surface area contributed by atoms with Crippen LogP contribution >= 0.6 is 11.3 Å². The molecule has 1 aromatic heterocycles. The maximum atomic E-state index is 12.9. The lowest BCUT2D eigenvalue weighted by molar-refractivity contribution is -0.131. The van der Waals surface area contributed by atoms with Crippen LogP contribution in [-0.4, -0.2) is 22.8 Å². The van der Waals surface area contributed by atoms with Crippen LogP contribution in [0, 0.1) is 11.2 Å². The number of amides is 2. The number of thiazole rings is 1. The lowest BCUT2D eigenvalue weighted by atomic mass is 9.95. The molecule has 2 aromatic rings. The maximum absolute atomic E-state index is 12.9. The van der Waals surface area contributed by atoms with E-state index in [-0.39, 0.29) is 17.6 Å². The van der Waals surface area contributed by atoms with Crippen molar-refractivity contribution in [1.29, 1.82) is 0 Å². The fraction of sp³-hybridized carbons (Fsp3) is 0.353. The van der Waals surface area contributed by atoms with Gasteiger partial charge in [0.05, 0.1) is 5.69 Å². The smallest absolute Gasteiger partial charge is 0.248 e. The first-order chi connectivity index (χ1) is 11.2. The van der Waals surface area contributed by atoms with Gasteiger partial charge in [-0.15, -0.1) is 11.3 Å². The highest BCUT2D eigenvalue weighted by molar-refractivity contribution is 7.14. The highest BCUT2D eigenvalue weighted by Crippen LogP contribution is 2.25. The maximum Gasteiger partial charge on any atom is 0.248 e. The van der Waals surface area contributed by atoms with Crippen molar-refractivity contribution in [3.63, 3.8) is 0 Å². The van der Waals surface area contributed by atoms with Crippen molar-refractivity contribution in [2.24, 2.45) is 5.41 Å². The van der Waals surface area contributed by atoms with E-state index in [1.54, 1.807) is 45.2 Å². The summed E-state index contributed by atoms with van der Waals surface area (Å²) in [5.74, 6) is -0.852. The fourth-order valence-corrected chi connectivity index (χ4v) is 2.50. The number of aromatic nitrogens is 1. The van der Waals surface area contributed by atoms with Gasteiger partial charge in [0.25, 0.3) is 0 Å². The number of nitrogens with one attached hydrogen (secondary N) is 2. The van der Waals surface area contributed by atoms with E-state index in [4.69, 9.17) is 0 Å².